The number of aromatic nitrogens is 8. The van der Waals surface area contributed by atoms with Gasteiger partial charge in [-0.1, -0.05) is 30.6 Å². The summed E-state index contributed by atoms with van der Waals surface area (Å²) in [6.07, 6.45) is 11.0. The number of ether oxygens (including phenoxy) is 2. The van der Waals surface area contributed by atoms with Crippen LogP contribution in [-0.2, 0) is 22.8 Å². The van der Waals surface area contributed by atoms with Gasteiger partial charge < -0.3 is 28.2 Å². The maximum absolute atomic E-state index is 14.1. The highest BCUT2D eigenvalue weighted by molar-refractivity contribution is 9.10. The summed E-state index contributed by atoms with van der Waals surface area (Å²) in [4.78, 5) is 40.8. The highest BCUT2D eigenvalue weighted by Crippen LogP contribution is 2.36. The molecule has 0 bridgehead atoms. The van der Waals surface area contributed by atoms with E-state index in [4.69, 9.17) is 52.3 Å². The Morgan fingerprint density at radius 1 is 0.765 bits per heavy atom. The molecule has 0 radical (unpaired) electrons. The van der Waals surface area contributed by atoms with Crippen LogP contribution < -0.4 is 20.4 Å². The lowest BCUT2D eigenvalue weighted by molar-refractivity contribution is 0.0622. The van der Waals surface area contributed by atoms with Gasteiger partial charge in [0.2, 0.25) is 11.8 Å². The van der Waals surface area contributed by atoms with Crippen molar-refractivity contribution in [2.24, 2.45) is 9.98 Å². The quantitative estimate of drug-likeness (QED) is 0.127. The molecular formula is C47H49BrCl2F2N12O4. The molecule has 0 fully saturated rings. The number of nitrogens with one attached hydrogen (secondary N) is 3. The Kier molecular flexibility index (Phi) is 15.8. The molecule has 16 nitrogen and oxygen atoms in total. The van der Waals surface area contributed by atoms with Crippen molar-refractivity contribution in [2.45, 2.75) is 60.3 Å². The van der Waals surface area contributed by atoms with E-state index in [0.29, 0.717) is 61.1 Å². The Morgan fingerprint density at radius 2 is 1.29 bits per heavy atom. The van der Waals surface area contributed by atoms with Crippen molar-refractivity contribution in [1.82, 2.24) is 49.6 Å². The second-order valence-electron chi connectivity index (χ2n) is 15.2. The number of rotatable bonds is 9. The van der Waals surface area contributed by atoms with E-state index in [1.807, 2.05) is 84.3 Å². The van der Waals surface area contributed by atoms with Crippen molar-refractivity contribution in [3.8, 4) is 17.4 Å². The molecule has 10 rings (SSSR count). The van der Waals surface area contributed by atoms with Crippen molar-refractivity contribution in [3.63, 3.8) is 0 Å². The van der Waals surface area contributed by atoms with E-state index in [0.717, 1.165) is 54.5 Å². The van der Waals surface area contributed by atoms with Crippen molar-refractivity contribution in [2.75, 3.05) is 27.4 Å². The van der Waals surface area contributed by atoms with Crippen LogP contribution in [0.3, 0.4) is 0 Å². The Hall–Kier alpha value is -6.38. The first-order chi connectivity index (χ1) is 32.4. The summed E-state index contributed by atoms with van der Waals surface area (Å²) >= 11 is 15.5. The number of aliphatic imine (C=N–C) groups is 2. The third kappa shape index (κ3) is 10.5. The molecule has 3 N–H and O–H groups in total. The summed E-state index contributed by atoms with van der Waals surface area (Å²) in [6, 6.07) is 13.0. The molecule has 0 amide bonds. The van der Waals surface area contributed by atoms with Crippen LogP contribution in [0.25, 0.3) is 27.5 Å². The topological polar surface area (TPSA) is 168 Å². The first-order valence-corrected chi connectivity index (χ1v) is 22.5. The summed E-state index contributed by atoms with van der Waals surface area (Å²) in [5.41, 5.74) is 13.0. The SMILES string of the molecule is C.CCn1cc(C2CONC(c3ccc(-n4cnc(C)c4)c(OC)n3)=N2)c2cc(Cl)c(F)cc21.CCn1cc(C2CONC(c3ccc(Br)c(OC)n3)=N2)c2cc(Cl)c(F)cc21.Cc1cnc[nH]1. The molecule has 68 heavy (non-hydrogen) atoms. The zero-order valence-corrected chi connectivity index (χ0v) is 40.2. The summed E-state index contributed by atoms with van der Waals surface area (Å²) in [5.74, 6) is 0.968. The van der Waals surface area contributed by atoms with E-state index in [-0.39, 0.29) is 29.6 Å². The second kappa shape index (κ2) is 21.7. The van der Waals surface area contributed by atoms with Crippen molar-refractivity contribution < 1.29 is 27.9 Å². The molecule has 0 spiro atoms. The molecule has 21 heteroatoms. The molecule has 8 heterocycles. The number of fused-ring (bicyclic) bond motifs is 2. The molecule has 0 aliphatic carbocycles. The Balaban J connectivity index is 0.000000178. The number of pyridine rings is 2. The predicted octanol–water partition coefficient (Wildman–Crippen LogP) is 10.4. The molecule has 2 aromatic carbocycles. The van der Waals surface area contributed by atoms with Crippen molar-refractivity contribution in [1.29, 1.82) is 0 Å². The molecule has 356 valence electrons. The van der Waals surface area contributed by atoms with Gasteiger partial charge in [0.25, 0.3) is 0 Å². The Labute approximate surface area is 409 Å². The predicted molar refractivity (Wildman–Crippen MR) is 263 cm³/mol. The van der Waals surface area contributed by atoms with Crippen LogP contribution in [0.15, 0.2) is 100 Å². The first kappa shape index (κ1) is 49.5. The van der Waals surface area contributed by atoms with E-state index in [1.54, 1.807) is 45.2 Å². The van der Waals surface area contributed by atoms with Crippen LogP contribution in [-0.4, -0.2) is 77.7 Å². The largest absolute Gasteiger partial charge is 0.480 e. The van der Waals surface area contributed by atoms with Gasteiger partial charge in [0, 0.05) is 65.5 Å². The van der Waals surface area contributed by atoms with E-state index in [1.165, 1.54) is 12.1 Å². The highest BCUT2D eigenvalue weighted by atomic mass is 79.9. The minimum atomic E-state index is -0.446. The molecule has 2 aliphatic heterocycles. The normalized spacial score (nSPS) is 15.5. The minimum Gasteiger partial charge on any atom is -0.480 e. The smallest absolute Gasteiger partial charge is 0.238 e. The summed E-state index contributed by atoms with van der Waals surface area (Å²) < 4.78 is 45.4. The lowest BCUT2D eigenvalue weighted by Gasteiger charge is -2.22. The number of H-pyrrole nitrogens is 1. The monoisotopic (exact) mass is 1030 g/mol. The van der Waals surface area contributed by atoms with E-state index in [9.17, 15) is 8.78 Å². The number of aromatic amines is 1. The van der Waals surface area contributed by atoms with E-state index >= 15 is 0 Å². The van der Waals surface area contributed by atoms with Gasteiger partial charge >= 0.3 is 0 Å². The van der Waals surface area contributed by atoms with Crippen LogP contribution in [0.2, 0.25) is 10.0 Å². The van der Waals surface area contributed by atoms with Crippen LogP contribution in [0, 0.1) is 25.5 Å². The molecule has 8 aromatic rings. The number of benzene rings is 2. The van der Waals surface area contributed by atoms with Crippen molar-refractivity contribution in [3.05, 3.63) is 146 Å². The summed E-state index contributed by atoms with van der Waals surface area (Å²) in [7, 11) is 3.12. The lowest BCUT2D eigenvalue weighted by atomic mass is 10.1. The van der Waals surface area contributed by atoms with Crippen LogP contribution in [0.1, 0.15) is 67.3 Å². The third-order valence-electron chi connectivity index (χ3n) is 10.8. The molecule has 2 atom stereocenters. The number of hydrogen-bond donors (Lipinski definition) is 3. The van der Waals surface area contributed by atoms with Gasteiger partial charge in [0.05, 0.1) is 58.1 Å². The number of hydroxylamine groups is 2. The second-order valence-corrected chi connectivity index (χ2v) is 16.9. The number of nitrogens with zero attached hydrogens (tertiary/aromatic N) is 9. The minimum absolute atomic E-state index is 0. The fourth-order valence-electron chi connectivity index (χ4n) is 7.54. The lowest BCUT2D eigenvalue weighted by Crippen LogP contribution is -2.33. The molecule has 2 aliphatic rings. The van der Waals surface area contributed by atoms with Crippen LogP contribution in [0.5, 0.6) is 11.8 Å². The average molecular weight is 1030 g/mol. The van der Waals surface area contributed by atoms with E-state index in [2.05, 4.69) is 51.8 Å². The molecular weight excluding hydrogens is 985 g/mol. The highest BCUT2D eigenvalue weighted by Gasteiger charge is 2.26. The molecule has 0 saturated heterocycles. The van der Waals surface area contributed by atoms with Gasteiger partial charge in [-0.3, -0.25) is 19.7 Å². The average Bonchev–Trinajstić information content (AvgIpc) is 4.16. The molecule has 2 unspecified atom stereocenters. The van der Waals surface area contributed by atoms with Gasteiger partial charge in [0.15, 0.2) is 11.7 Å². The molecule has 6 aromatic heterocycles. The Morgan fingerprint density at radius 3 is 1.74 bits per heavy atom. The summed E-state index contributed by atoms with van der Waals surface area (Å²) in [6.45, 7) is 9.91. The van der Waals surface area contributed by atoms with Gasteiger partial charge in [-0.15, -0.1) is 0 Å². The van der Waals surface area contributed by atoms with Gasteiger partial charge in [0.1, 0.15) is 54.0 Å². The van der Waals surface area contributed by atoms with Gasteiger partial charge in [-0.05, 0) is 92.2 Å². The first-order valence-electron chi connectivity index (χ1n) is 21.0. The zero-order chi connectivity index (χ0) is 47.4. The van der Waals surface area contributed by atoms with Gasteiger partial charge in [-0.25, -0.2) is 39.7 Å². The maximum Gasteiger partial charge on any atom is 0.238 e. The zero-order valence-electron chi connectivity index (χ0n) is 37.1. The number of halogens is 5. The van der Waals surface area contributed by atoms with Crippen LogP contribution >= 0.6 is 39.1 Å². The fourth-order valence-corrected chi connectivity index (χ4v) is 8.25. The standard InChI is InChI=1S/C23H22ClFN6O2.C19H17BrClFN4O2.C4H6N2.CH4/c1-4-30-10-15(14-7-16(24)17(25)8-21(14)30)19-11-33-29-22(27-19)18-5-6-20(23(28-18)32-3)31-9-13(2)26-12-31;1-3-26-8-11(10-6-13(21)14(22)7-17(10)26)16-9-28-25-18(23-16)15-5-4-12(20)19(24-15)27-2;1-4-2-5-3-6-4;/h5-10,12,19H,4,11H2,1-3H3,(H,27,29);4-8,16H,3,9H2,1-2H3,(H,23,25);2-3H,1H3,(H,5,6);1H4. The Bertz CT molecular complexity index is 3120. The van der Waals surface area contributed by atoms with E-state index < -0.39 is 11.6 Å². The van der Waals surface area contributed by atoms with Crippen LogP contribution in [0.4, 0.5) is 8.78 Å². The number of aryl methyl sites for hydroxylation is 4. The number of imidazole rings is 2. The maximum atomic E-state index is 14.1. The van der Waals surface area contributed by atoms with Crippen molar-refractivity contribution >= 4 is 72.6 Å². The number of hydrogen-bond acceptors (Lipinski definition) is 12. The summed E-state index contributed by atoms with van der Waals surface area (Å²) in [5, 5.41) is 1.86. The van der Waals surface area contributed by atoms with Gasteiger partial charge in [-0.2, -0.15) is 0 Å². The number of methoxy groups -OCH3 is 2. The molecule has 0 saturated carbocycles. The number of amidine groups is 2. The fraction of sp³-hybridized carbons (Fsp3) is 0.277. The third-order valence-corrected chi connectivity index (χ3v) is 12.0.